The Morgan fingerprint density at radius 3 is 2.62 bits per heavy atom. The standard InChI is InChI=1S/C24H25N5O3/c1-24(2,3)32-23(30)28(4)18-10-8-9-16(13-18)19-11-6-7-12-20(19)31-22-25-14-17-15-26-29(5)21(17)27-22/h6-15H,1-5H3. The van der Waals surface area contributed by atoms with E-state index in [-0.39, 0.29) is 6.01 Å². The number of nitrogens with zero attached hydrogens (tertiary/aromatic N) is 5. The predicted molar refractivity (Wildman–Crippen MR) is 123 cm³/mol. The number of amides is 1. The number of hydrogen-bond acceptors (Lipinski definition) is 6. The molecule has 4 aromatic rings. The molecule has 0 fully saturated rings. The Labute approximate surface area is 186 Å². The minimum atomic E-state index is -0.571. The van der Waals surface area contributed by atoms with E-state index in [1.165, 1.54) is 4.90 Å². The van der Waals surface area contributed by atoms with Gasteiger partial charge in [0.1, 0.15) is 11.4 Å². The summed E-state index contributed by atoms with van der Waals surface area (Å²) in [6.07, 6.45) is 2.97. The maximum Gasteiger partial charge on any atom is 0.414 e. The zero-order valence-electron chi connectivity index (χ0n) is 18.7. The number of anilines is 1. The second kappa shape index (κ2) is 8.30. The molecule has 1 amide bonds. The third-order valence-corrected chi connectivity index (χ3v) is 4.75. The predicted octanol–water partition coefficient (Wildman–Crippen LogP) is 5.19. The number of rotatable bonds is 4. The average molecular weight is 431 g/mol. The molecule has 164 valence electrons. The largest absolute Gasteiger partial charge is 0.443 e. The van der Waals surface area contributed by atoms with Crippen LogP contribution in [0.25, 0.3) is 22.2 Å². The van der Waals surface area contributed by atoms with Gasteiger partial charge in [-0.05, 0) is 44.5 Å². The second-order valence-electron chi connectivity index (χ2n) is 8.39. The summed E-state index contributed by atoms with van der Waals surface area (Å²) in [5, 5.41) is 5.03. The molecule has 0 aliphatic carbocycles. The van der Waals surface area contributed by atoms with Gasteiger partial charge in [0.2, 0.25) is 0 Å². The molecule has 2 aromatic carbocycles. The van der Waals surface area contributed by atoms with Crippen LogP contribution in [0.3, 0.4) is 0 Å². The van der Waals surface area contributed by atoms with Crippen LogP contribution in [0.15, 0.2) is 60.9 Å². The molecule has 0 atom stereocenters. The quantitative estimate of drug-likeness (QED) is 0.442. The van der Waals surface area contributed by atoms with Gasteiger partial charge < -0.3 is 9.47 Å². The number of benzene rings is 2. The molecule has 0 aliphatic rings. The van der Waals surface area contributed by atoms with Crippen molar-refractivity contribution in [2.24, 2.45) is 7.05 Å². The van der Waals surface area contributed by atoms with Crippen molar-refractivity contribution in [3.05, 3.63) is 60.9 Å². The summed E-state index contributed by atoms with van der Waals surface area (Å²) in [5.41, 5.74) is 2.56. The maximum atomic E-state index is 12.5. The first-order chi connectivity index (χ1) is 15.2. The van der Waals surface area contributed by atoms with Gasteiger partial charge in [-0.15, -0.1) is 0 Å². The van der Waals surface area contributed by atoms with E-state index in [0.717, 1.165) is 16.5 Å². The van der Waals surface area contributed by atoms with E-state index >= 15 is 0 Å². The van der Waals surface area contributed by atoms with Gasteiger partial charge in [0.05, 0.1) is 11.6 Å². The number of ether oxygens (including phenoxy) is 2. The molecular formula is C24H25N5O3. The Morgan fingerprint density at radius 1 is 1.06 bits per heavy atom. The minimum Gasteiger partial charge on any atom is -0.443 e. The first kappa shape index (κ1) is 21.3. The van der Waals surface area contributed by atoms with E-state index in [9.17, 15) is 4.79 Å². The average Bonchev–Trinajstić information content (AvgIpc) is 3.13. The molecule has 8 heteroatoms. The zero-order valence-corrected chi connectivity index (χ0v) is 18.7. The summed E-state index contributed by atoms with van der Waals surface area (Å²) in [6, 6.07) is 15.5. The van der Waals surface area contributed by atoms with E-state index in [1.807, 2.05) is 76.3 Å². The van der Waals surface area contributed by atoms with E-state index in [0.29, 0.717) is 17.1 Å². The molecule has 0 bridgehead atoms. The summed E-state index contributed by atoms with van der Waals surface area (Å²) in [6.45, 7) is 5.52. The van der Waals surface area contributed by atoms with Crippen molar-refractivity contribution >= 4 is 22.8 Å². The molecule has 0 spiro atoms. The molecule has 8 nitrogen and oxygen atoms in total. The number of carbonyl (C=O) groups excluding carboxylic acids is 1. The van der Waals surface area contributed by atoms with Gasteiger partial charge in [0, 0.05) is 31.5 Å². The lowest BCUT2D eigenvalue weighted by Gasteiger charge is -2.25. The van der Waals surface area contributed by atoms with Crippen LogP contribution in [-0.2, 0) is 11.8 Å². The van der Waals surface area contributed by atoms with E-state index in [2.05, 4.69) is 15.1 Å². The molecule has 2 aromatic heterocycles. The molecule has 32 heavy (non-hydrogen) atoms. The van der Waals surface area contributed by atoms with Gasteiger partial charge in [-0.2, -0.15) is 10.1 Å². The summed E-state index contributed by atoms with van der Waals surface area (Å²) >= 11 is 0. The topological polar surface area (TPSA) is 82.4 Å². The van der Waals surface area contributed by atoms with Crippen LogP contribution in [0.1, 0.15) is 20.8 Å². The zero-order chi connectivity index (χ0) is 22.9. The summed E-state index contributed by atoms with van der Waals surface area (Å²) < 4.78 is 13.2. The third-order valence-electron chi connectivity index (χ3n) is 4.75. The van der Waals surface area contributed by atoms with Crippen LogP contribution in [0.5, 0.6) is 11.8 Å². The number of carbonyl (C=O) groups is 1. The Morgan fingerprint density at radius 2 is 1.84 bits per heavy atom. The van der Waals surface area contributed by atoms with Crippen molar-refractivity contribution in [1.29, 1.82) is 0 Å². The Kier molecular flexibility index (Phi) is 5.52. The molecule has 2 heterocycles. The lowest BCUT2D eigenvalue weighted by molar-refractivity contribution is 0.0589. The van der Waals surface area contributed by atoms with Crippen LogP contribution in [0, 0.1) is 0 Å². The lowest BCUT2D eigenvalue weighted by Crippen LogP contribution is -2.34. The normalized spacial score (nSPS) is 11.4. The summed E-state index contributed by atoms with van der Waals surface area (Å²) in [4.78, 5) is 22.7. The summed E-state index contributed by atoms with van der Waals surface area (Å²) in [5.74, 6) is 0.603. The SMILES string of the molecule is CN(C(=O)OC(C)(C)C)c1cccc(-c2ccccc2Oc2ncc3cnn(C)c3n2)c1. The van der Waals surface area contributed by atoms with Crippen molar-refractivity contribution < 1.29 is 14.3 Å². The number of hydrogen-bond donors (Lipinski definition) is 0. The Balaban J connectivity index is 1.64. The van der Waals surface area contributed by atoms with Gasteiger partial charge in [0.25, 0.3) is 0 Å². The fourth-order valence-electron chi connectivity index (χ4n) is 3.18. The highest BCUT2D eigenvalue weighted by atomic mass is 16.6. The number of aromatic nitrogens is 4. The Hall–Kier alpha value is -3.94. The minimum absolute atomic E-state index is 0.232. The van der Waals surface area contributed by atoms with Crippen molar-refractivity contribution in [2.75, 3.05) is 11.9 Å². The van der Waals surface area contributed by atoms with Gasteiger partial charge in [-0.3, -0.25) is 9.58 Å². The first-order valence-corrected chi connectivity index (χ1v) is 10.2. The van der Waals surface area contributed by atoms with Gasteiger partial charge in [-0.25, -0.2) is 9.78 Å². The number of para-hydroxylation sites is 1. The van der Waals surface area contributed by atoms with Crippen LogP contribution in [-0.4, -0.2) is 38.5 Å². The smallest absolute Gasteiger partial charge is 0.414 e. The molecule has 0 saturated carbocycles. The van der Waals surface area contributed by atoms with Crippen molar-refractivity contribution in [2.45, 2.75) is 26.4 Å². The highest BCUT2D eigenvalue weighted by Gasteiger charge is 2.21. The summed E-state index contributed by atoms with van der Waals surface area (Å²) in [7, 11) is 3.51. The highest BCUT2D eigenvalue weighted by molar-refractivity contribution is 5.88. The molecule has 4 rings (SSSR count). The molecular weight excluding hydrogens is 406 g/mol. The van der Waals surface area contributed by atoms with Crippen molar-refractivity contribution in [1.82, 2.24) is 19.7 Å². The van der Waals surface area contributed by atoms with Gasteiger partial charge in [-0.1, -0.05) is 30.3 Å². The van der Waals surface area contributed by atoms with Gasteiger partial charge >= 0.3 is 12.1 Å². The molecule has 0 N–H and O–H groups in total. The van der Waals surface area contributed by atoms with Crippen LogP contribution in [0.4, 0.5) is 10.5 Å². The Bertz CT molecular complexity index is 1280. The third kappa shape index (κ3) is 4.54. The number of aryl methyl sites for hydroxylation is 1. The molecule has 0 saturated heterocycles. The van der Waals surface area contributed by atoms with Crippen LogP contribution in [0.2, 0.25) is 0 Å². The van der Waals surface area contributed by atoms with Crippen LogP contribution < -0.4 is 9.64 Å². The lowest BCUT2D eigenvalue weighted by atomic mass is 10.0. The van der Waals surface area contributed by atoms with Crippen molar-refractivity contribution in [3.8, 4) is 22.9 Å². The van der Waals surface area contributed by atoms with E-state index < -0.39 is 11.7 Å². The first-order valence-electron chi connectivity index (χ1n) is 10.2. The molecule has 0 radical (unpaired) electrons. The number of fused-ring (bicyclic) bond motifs is 1. The fourth-order valence-corrected chi connectivity index (χ4v) is 3.18. The maximum absolute atomic E-state index is 12.5. The second-order valence-corrected chi connectivity index (χ2v) is 8.39. The molecule has 0 unspecified atom stereocenters. The monoisotopic (exact) mass is 431 g/mol. The van der Waals surface area contributed by atoms with E-state index in [4.69, 9.17) is 9.47 Å². The highest BCUT2D eigenvalue weighted by Crippen LogP contribution is 2.34. The van der Waals surface area contributed by atoms with Crippen molar-refractivity contribution in [3.63, 3.8) is 0 Å². The van der Waals surface area contributed by atoms with Crippen LogP contribution >= 0.6 is 0 Å². The fraction of sp³-hybridized carbons (Fsp3) is 0.250. The van der Waals surface area contributed by atoms with Gasteiger partial charge in [0.15, 0.2) is 5.65 Å². The molecule has 0 aliphatic heterocycles. The van der Waals surface area contributed by atoms with E-state index in [1.54, 1.807) is 24.1 Å².